The summed E-state index contributed by atoms with van der Waals surface area (Å²) < 4.78 is 4.24. The number of carbonyl (C=O) groups excluding carboxylic acids is 1. The molecule has 0 fully saturated rings. The van der Waals surface area contributed by atoms with E-state index >= 15 is 0 Å². The van der Waals surface area contributed by atoms with Gasteiger partial charge < -0.3 is 5.32 Å². The van der Waals surface area contributed by atoms with Crippen molar-refractivity contribution < 1.29 is 4.79 Å². The summed E-state index contributed by atoms with van der Waals surface area (Å²) in [5.74, 6) is -0.139. The SMILES string of the molecule is CC(C(=O)Nc1cnn(Cc2ccccc2)c1)n1cc(Br)cn1. The van der Waals surface area contributed by atoms with Crippen LogP contribution >= 0.6 is 15.9 Å². The molecule has 0 spiro atoms. The fourth-order valence-electron chi connectivity index (χ4n) is 2.18. The molecule has 1 unspecified atom stereocenters. The highest BCUT2D eigenvalue weighted by Crippen LogP contribution is 2.14. The van der Waals surface area contributed by atoms with E-state index in [0.717, 1.165) is 10.0 Å². The summed E-state index contributed by atoms with van der Waals surface area (Å²) in [6.45, 7) is 2.46. The fourth-order valence-corrected chi connectivity index (χ4v) is 2.48. The normalized spacial score (nSPS) is 12.1. The van der Waals surface area contributed by atoms with Crippen LogP contribution in [0, 0.1) is 0 Å². The summed E-state index contributed by atoms with van der Waals surface area (Å²) in [5, 5.41) is 11.3. The van der Waals surface area contributed by atoms with Gasteiger partial charge in [-0.25, -0.2) is 0 Å². The Hall–Kier alpha value is -2.41. The first-order valence-electron chi connectivity index (χ1n) is 7.19. The van der Waals surface area contributed by atoms with E-state index in [2.05, 4.69) is 31.4 Å². The third kappa shape index (κ3) is 3.87. The molecule has 1 aromatic carbocycles. The van der Waals surface area contributed by atoms with Crippen molar-refractivity contribution in [2.75, 3.05) is 5.32 Å². The number of hydrogen-bond acceptors (Lipinski definition) is 3. The summed E-state index contributed by atoms with van der Waals surface area (Å²) >= 11 is 3.32. The minimum absolute atomic E-state index is 0.139. The van der Waals surface area contributed by atoms with Crippen LogP contribution in [0.2, 0.25) is 0 Å². The molecule has 3 rings (SSSR count). The number of nitrogens with zero attached hydrogens (tertiary/aromatic N) is 4. The van der Waals surface area contributed by atoms with Crippen LogP contribution in [-0.2, 0) is 11.3 Å². The molecule has 2 heterocycles. The molecule has 1 N–H and O–H groups in total. The summed E-state index contributed by atoms with van der Waals surface area (Å²) in [6, 6.07) is 9.64. The van der Waals surface area contributed by atoms with Crippen LogP contribution in [0.1, 0.15) is 18.5 Å². The van der Waals surface area contributed by atoms with Crippen molar-refractivity contribution in [2.45, 2.75) is 19.5 Å². The summed E-state index contributed by atoms with van der Waals surface area (Å²) in [6.07, 6.45) is 6.88. The van der Waals surface area contributed by atoms with E-state index in [1.807, 2.05) is 36.5 Å². The number of carbonyl (C=O) groups is 1. The van der Waals surface area contributed by atoms with Crippen molar-refractivity contribution >= 4 is 27.5 Å². The number of rotatable bonds is 5. The van der Waals surface area contributed by atoms with E-state index < -0.39 is 6.04 Å². The van der Waals surface area contributed by atoms with Gasteiger partial charge in [0.1, 0.15) is 6.04 Å². The van der Waals surface area contributed by atoms with Gasteiger partial charge in [-0.3, -0.25) is 14.2 Å². The smallest absolute Gasteiger partial charge is 0.249 e. The van der Waals surface area contributed by atoms with Crippen LogP contribution in [0.3, 0.4) is 0 Å². The molecule has 0 aliphatic rings. The van der Waals surface area contributed by atoms with E-state index in [9.17, 15) is 4.79 Å². The molecule has 0 aliphatic heterocycles. The molecule has 1 amide bonds. The number of nitrogens with one attached hydrogen (secondary N) is 1. The second kappa shape index (κ2) is 6.78. The van der Waals surface area contributed by atoms with Crippen molar-refractivity contribution in [3.05, 3.63) is 65.2 Å². The maximum absolute atomic E-state index is 12.3. The minimum Gasteiger partial charge on any atom is -0.322 e. The monoisotopic (exact) mass is 373 g/mol. The highest BCUT2D eigenvalue weighted by Gasteiger charge is 2.16. The van der Waals surface area contributed by atoms with E-state index in [0.29, 0.717) is 12.2 Å². The molecule has 0 radical (unpaired) electrons. The Balaban J connectivity index is 1.63. The predicted octanol–water partition coefficient (Wildman–Crippen LogP) is 3.09. The zero-order valence-corrected chi connectivity index (χ0v) is 14.1. The fraction of sp³-hybridized carbons (Fsp3) is 0.188. The number of aromatic nitrogens is 4. The third-order valence-corrected chi connectivity index (χ3v) is 3.84. The first kappa shape index (κ1) is 15.5. The Kier molecular flexibility index (Phi) is 4.57. The Morgan fingerprint density at radius 3 is 2.70 bits per heavy atom. The summed E-state index contributed by atoms with van der Waals surface area (Å²) in [5.41, 5.74) is 1.83. The number of hydrogen-bond donors (Lipinski definition) is 1. The average molecular weight is 374 g/mol. The van der Waals surface area contributed by atoms with Gasteiger partial charge in [-0.15, -0.1) is 0 Å². The Bertz CT molecular complexity index is 796. The van der Waals surface area contributed by atoms with Crippen molar-refractivity contribution in [1.29, 1.82) is 0 Å². The van der Waals surface area contributed by atoms with E-state index in [1.54, 1.807) is 34.9 Å². The molecule has 7 heteroatoms. The number of amides is 1. The van der Waals surface area contributed by atoms with Crippen molar-refractivity contribution in [1.82, 2.24) is 19.6 Å². The molecule has 0 saturated carbocycles. The van der Waals surface area contributed by atoms with Gasteiger partial charge in [0.25, 0.3) is 0 Å². The van der Waals surface area contributed by atoms with Gasteiger partial charge in [0, 0.05) is 12.4 Å². The van der Waals surface area contributed by atoms with Gasteiger partial charge >= 0.3 is 0 Å². The zero-order chi connectivity index (χ0) is 16.2. The molecule has 0 saturated heterocycles. The molecular formula is C16H16BrN5O. The molecule has 3 aromatic rings. The first-order chi connectivity index (χ1) is 11.1. The summed E-state index contributed by atoms with van der Waals surface area (Å²) in [4.78, 5) is 12.3. The Morgan fingerprint density at radius 2 is 2.00 bits per heavy atom. The van der Waals surface area contributed by atoms with Gasteiger partial charge in [0.15, 0.2) is 0 Å². The van der Waals surface area contributed by atoms with Crippen LogP contribution in [-0.4, -0.2) is 25.5 Å². The lowest BCUT2D eigenvalue weighted by Crippen LogP contribution is -2.23. The van der Waals surface area contributed by atoms with Gasteiger partial charge in [-0.2, -0.15) is 10.2 Å². The van der Waals surface area contributed by atoms with Crippen LogP contribution in [0.4, 0.5) is 5.69 Å². The maximum atomic E-state index is 12.3. The van der Waals surface area contributed by atoms with Gasteiger partial charge in [0.05, 0.1) is 29.1 Å². The van der Waals surface area contributed by atoms with Crippen LogP contribution < -0.4 is 5.32 Å². The standard InChI is InChI=1S/C16H16BrN5O/c1-12(22-10-14(17)7-19-22)16(23)20-15-8-18-21(11-15)9-13-5-3-2-4-6-13/h2-8,10-12H,9H2,1H3,(H,20,23). The number of benzene rings is 1. The Morgan fingerprint density at radius 1 is 1.22 bits per heavy atom. The highest BCUT2D eigenvalue weighted by molar-refractivity contribution is 9.10. The molecule has 6 nitrogen and oxygen atoms in total. The minimum atomic E-state index is -0.404. The quantitative estimate of drug-likeness (QED) is 0.747. The molecule has 1 atom stereocenters. The van der Waals surface area contributed by atoms with Gasteiger partial charge in [-0.1, -0.05) is 30.3 Å². The molecule has 0 aliphatic carbocycles. The lowest BCUT2D eigenvalue weighted by atomic mass is 10.2. The topological polar surface area (TPSA) is 64.7 Å². The van der Waals surface area contributed by atoms with Crippen molar-refractivity contribution in [3.63, 3.8) is 0 Å². The van der Waals surface area contributed by atoms with E-state index in [1.165, 1.54) is 0 Å². The molecular weight excluding hydrogens is 358 g/mol. The van der Waals surface area contributed by atoms with Crippen LogP contribution in [0.15, 0.2) is 59.6 Å². The van der Waals surface area contributed by atoms with Gasteiger partial charge in [0.2, 0.25) is 5.91 Å². The number of anilines is 1. The first-order valence-corrected chi connectivity index (χ1v) is 7.98. The molecule has 118 valence electrons. The zero-order valence-electron chi connectivity index (χ0n) is 12.6. The lowest BCUT2D eigenvalue weighted by molar-refractivity contribution is -0.119. The van der Waals surface area contributed by atoms with Crippen molar-refractivity contribution in [2.24, 2.45) is 0 Å². The molecule has 0 bridgehead atoms. The van der Waals surface area contributed by atoms with Crippen LogP contribution in [0.25, 0.3) is 0 Å². The van der Waals surface area contributed by atoms with Crippen molar-refractivity contribution in [3.8, 4) is 0 Å². The average Bonchev–Trinajstić information content (AvgIpc) is 3.17. The van der Waals surface area contributed by atoms with E-state index in [-0.39, 0.29) is 5.91 Å². The second-order valence-electron chi connectivity index (χ2n) is 5.22. The predicted molar refractivity (Wildman–Crippen MR) is 91.0 cm³/mol. The van der Waals surface area contributed by atoms with Gasteiger partial charge in [-0.05, 0) is 28.4 Å². The number of halogens is 1. The molecule has 2 aromatic heterocycles. The second-order valence-corrected chi connectivity index (χ2v) is 6.13. The highest BCUT2D eigenvalue weighted by atomic mass is 79.9. The molecule has 23 heavy (non-hydrogen) atoms. The summed E-state index contributed by atoms with van der Waals surface area (Å²) in [7, 11) is 0. The van der Waals surface area contributed by atoms with E-state index in [4.69, 9.17) is 0 Å². The lowest BCUT2D eigenvalue weighted by Gasteiger charge is -2.11. The van der Waals surface area contributed by atoms with Crippen LogP contribution in [0.5, 0.6) is 0 Å². The third-order valence-electron chi connectivity index (χ3n) is 3.43. The maximum Gasteiger partial charge on any atom is 0.249 e. The Labute approximate surface area is 142 Å². The largest absolute Gasteiger partial charge is 0.322 e.